The van der Waals surface area contributed by atoms with Gasteiger partial charge in [0, 0.05) is 45.8 Å². The molecule has 0 spiro atoms. The van der Waals surface area contributed by atoms with Crippen molar-refractivity contribution < 1.29 is 19.0 Å². The van der Waals surface area contributed by atoms with Crippen LogP contribution in [0.5, 0.6) is 5.75 Å². The van der Waals surface area contributed by atoms with Crippen LogP contribution in [0.3, 0.4) is 0 Å². The number of nitrogens with zero attached hydrogens (tertiary/aromatic N) is 3. The van der Waals surface area contributed by atoms with Crippen LogP contribution in [0.15, 0.2) is 24.3 Å². The highest BCUT2D eigenvalue weighted by Crippen LogP contribution is 2.20. The number of fused-ring (bicyclic) bond motifs is 2. The van der Waals surface area contributed by atoms with Crippen LogP contribution in [-0.2, 0) is 9.47 Å². The Hall–Kier alpha value is -2.34. The first kappa shape index (κ1) is 24.3. The maximum absolute atomic E-state index is 11.7. The molecule has 2 aliphatic rings. The monoisotopic (exact) mass is 444 g/mol. The third kappa shape index (κ3) is 8.30. The zero-order chi connectivity index (χ0) is 23.0. The second kappa shape index (κ2) is 11.5. The highest BCUT2D eigenvalue weighted by atomic mass is 16.6. The molecule has 8 nitrogen and oxygen atoms in total. The number of amides is 1. The second-order valence-electron chi connectivity index (χ2n) is 9.52. The van der Waals surface area contributed by atoms with E-state index in [4.69, 9.17) is 19.5 Å². The van der Waals surface area contributed by atoms with Crippen LogP contribution < -0.4 is 10.1 Å². The van der Waals surface area contributed by atoms with E-state index in [1.165, 1.54) is 0 Å². The first-order chi connectivity index (χ1) is 15.3. The summed E-state index contributed by atoms with van der Waals surface area (Å²) in [6.45, 7) is 12.6. The molecule has 2 bridgehead atoms. The van der Waals surface area contributed by atoms with Crippen LogP contribution in [0.1, 0.15) is 39.2 Å². The molecular formula is C24H36N4O4. The van der Waals surface area contributed by atoms with E-state index < -0.39 is 5.60 Å². The fraction of sp³-hybridized carbons (Fsp3) is 0.667. The van der Waals surface area contributed by atoms with Gasteiger partial charge in [-0.3, -0.25) is 9.80 Å². The summed E-state index contributed by atoms with van der Waals surface area (Å²) in [4.78, 5) is 16.6. The predicted molar refractivity (Wildman–Crippen MR) is 122 cm³/mol. The maximum Gasteiger partial charge on any atom is 0.407 e. The van der Waals surface area contributed by atoms with E-state index in [1.54, 1.807) is 12.1 Å². The Morgan fingerprint density at radius 3 is 2.25 bits per heavy atom. The Morgan fingerprint density at radius 1 is 1.09 bits per heavy atom. The largest absolute Gasteiger partial charge is 0.494 e. The number of nitrogens with one attached hydrogen (secondary N) is 1. The smallest absolute Gasteiger partial charge is 0.407 e. The van der Waals surface area contributed by atoms with Gasteiger partial charge >= 0.3 is 6.09 Å². The zero-order valence-electron chi connectivity index (χ0n) is 19.5. The molecule has 8 heteroatoms. The number of carbonyl (C=O) groups is 1. The average molecular weight is 445 g/mol. The lowest BCUT2D eigenvalue weighted by atomic mass is 10.1. The van der Waals surface area contributed by atoms with Gasteiger partial charge in [-0.15, -0.1) is 0 Å². The molecule has 1 aromatic rings. The summed E-state index contributed by atoms with van der Waals surface area (Å²) in [5.74, 6) is 0.805. The molecule has 0 aliphatic carbocycles. The first-order valence-corrected chi connectivity index (χ1v) is 11.5. The van der Waals surface area contributed by atoms with Gasteiger partial charge in [0.2, 0.25) is 0 Å². The lowest BCUT2D eigenvalue weighted by molar-refractivity contribution is -0.138. The minimum atomic E-state index is -0.465. The van der Waals surface area contributed by atoms with Crippen molar-refractivity contribution in [1.82, 2.24) is 15.1 Å². The summed E-state index contributed by atoms with van der Waals surface area (Å²) in [5.41, 5.74) is 0.179. The van der Waals surface area contributed by atoms with Crippen LogP contribution in [0, 0.1) is 11.3 Å². The summed E-state index contributed by atoms with van der Waals surface area (Å²) in [6.07, 6.45) is 1.98. The Bertz CT molecular complexity index is 758. The minimum absolute atomic E-state index is 0.237. The molecule has 1 N–H and O–H groups in total. The Balaban J connectivity index is 1.28. The van der Waals surface area contributed by atoms with Crippen molar-refractivity contribution in [2.75, 3.05) is 52.4 Å². The number of ether oxygens (including phenoxy) is 3. The Labute approximate surface area is 191 Å². The number of hydrogen-bond acceptors (Lipinski definition) is 7. The molecule has 1 aromatic carbocycles. The number of nitriles is 1. The summed E-state index contributed by atoms with van der Waals surface area (Å²) in [5, 5.41) is 11.7. The number of alkyl carbamates (subject to hydrolysis) is 1. The van der Waals surface area contributed by atoms with Crippen molar-refractivity contribution in [3.63, 3.8) is 0 Å². The normalized spacial score (nSPS) is 21.6. The van der Waals surface area contributed by atoms with Crippen molar-refractivity contribution in [2.24, 2.45) is 0 Å². The van der Waals surface area contributed by atoms with E-state index in [0.717, 1.165) is 57.9 Å². The van der Waals surface area contributed by atoms with E-state index in [9.17, 15) is 4.79 Å². The van der Waals surface area contributed by atoms with E-state index in [0.29, 0.717) is 18.7 Å². The predicted octanol–water partition coefficient (Wildman–Crippen LogP) is 2.63. The van der Waals surface area contributed by atoms with Crippen LogP contribution in [0.2, 0.25) is 0 Å². The SMILES string of the molecule is CC(C)(C)OC(=O)NCCCN1CC2CN(CCCOc3ccc(C#N)cc3)CC(C1)O2. The van der Waals surface area contributed by atoms with E-state index >= 15 is 0 Å². The van der Waals surface area contributed by atoms with E-state index in [-0.39, 0.29) is 18.3 Å². The molecular weight excluding hydrogens is 408 g/mol. The van der Waals surface area contributed by atoms with Crippen molar-refractivity contribution in [3.05, 3.63) is 29.8 Å². The molecule has 1 amide bonds. The lowest BCUT2D eigenvalue weighted by Gasteiger charge is -2.46. The molecule has 2 saturated heterocycles. The van der Waals surface area contributed by atoms with Crippen molar-refractivity contribution in [3.8, 4) is 11.8 Å². The number of benzene rings is 1. The molecule has 0 radical (unpaired) electrons. The molecule has 3 rings (SSSR count). The van der Waals surface area contributed by atoms with Gasteiger partial charge < -0.3 is 19.5 Å². The molecule has 2 fully saturated rings. The molecule has 2 heterocycles. The first-order valence-electron chi connectivity index (χ1n) is 11.5. The molecule has 2 unspecified atom stereocenters. The molecule has 176 valence electrons. The number of rotatable bonds is 9. The average Bonchev–Trinajstić information content (AvgIpc) is 2.73. The number of carbonyl (C=O) groups excluding carboxylic acids is 1. The summed E-state index contributed by atoms with van der Waals surface area (Å²) >= 11 is 0. The fourth-order valence-corrected chi connectivity index (χ4v) is 4.14. The van der Waals surface area contributed by atoms with Gasteiger partial charge in [0.1, 0.15) is 11.4 Å². The van der Waals surface area contributed by atoms with Gasteiger partial charge in [0.05, 0.1) is 30.4 Å². The molecule has 2 aliphatic heterocycles. The summed E-state index contributed by atoms with van der Waals surface area (Å²) in [7, 11) is 0. The molecule has 2 atom stereocenters. The fourth-order valence-electron chi connectivity index (χ4n) is 4.14. The lowest BCUT2D eigenvalue weighted by Crippen LogP contribution is -2.59. The minimum Gasteiger partial charge on any atom is -0.494 e. The van der Waals surface area contributed by atoms with Crippen LogP contribution in [0.25, 0.3) is 0 Å². The van der Waals surface area contributed by atoms with Crippen LogP contribution in [-0.4, -0.2) is 86.1 Å². The quantitative estimate of drug-likeness (QED) is 0.586. The standard InChI is InChI=1S/C24H36N4O4/c1-24(2,3)32-23(29)26-10-4-11-27-15-21-17-28(18-22(16-27)31-21)12-5-13-30-20-8-6-19(14-25)7-9-20/h6-9,21-22H,4-5,10-13,15-18H2,1-3H3,(H,26,29). The Morgan fingerprint density at radius 2 is 1.69 bits per heavy atom. The van der Waals surface area contributed by atoms with Crippen molar-refractivity contribution in [1.29, 1.82) is 5.26 Å². The third-order valence-electron chi connectivity index (χ3n) is 5.42. The summed E-state index contributed by atoms with van der Waals surface area (Å²) < 4.78 is 17.2. The number of hydrogen-bond donors (Lipinski definition) is 1. The van der Waals surface area contributed by atoms with Crippen molar-refractivity contribution >= 4 is 6.09 Å². The zero-order valence-corrected chi connectivity index (χ0v) is 19.5. The van der Waals surface area contributed by atoms with E-state index in [2.05, 4.69) is 21.2 Å². The number of morpholine rings is 2. The van der Waals surface area contributed by atoms with Gasteiger partial charge in [0.15, 0.2) is 0 Å². The Kier molecular flexibility index (Phi) is 8.74. The topological polar surface area (TPSA) is 87.1 Å². The van der Waals surface area contributed by atoms with E-state index in [1.807, 2.05) is 32.9 Å². The van der Waals surface area contributed by atoms with Gasteiger partial charge in [-0.05, 0) is 57.9 Å². The highest BCUT2D eigenvalue weighted by Gasteiger charge is 2.34. The maximum atomic E-state index is 11.7. The van der Waals surface area contributed by atoms with Gasteiger partial charge in [-0.25, -0.2) is 4.79 Å². The van der Waals surface area contributed by atoms with Gasteiger partial charge in [-0.2, -0.15) is 5.26 Å². The van der Waals surface area contributed by atoms with Crippen LogP contribution in [0.4, 0.5) is 4.79 Å². The van der Waals surface area contributed by atoms with Crippen LogP contribution >= 0.6 is 0 Å². The second-order valence-corrected chi connectivity index (χ2v) is 9.52. The van der Waals surface area contributed by atoms with Gasteiger partial charge in [0.25, 0.3) is 0 Å². The molecule has 0 aromatic heterocycles. The molecule has 0 saturated carbocycles. The third-order valence-corrected chi connectivity index (χ3v) is 5.42. The highest BCUT2D eigenvalue weighted by molar-refractivity contribution is 5.67. The van der Waals surface area contributed by atoms with Gasteiger partial charge in [-0.1, -0.05) is 0 Å². The summed E-state index contributed by atoms with van der Waals surface area (Å²) in [6, 6.07) is 9.35. The molecule has 32 heavy (non-hydrogen) atoms. The van der Waals surface area contributed by atoms with Crippen molar-refractivity contribution in [2.45, 2.75) is 51.4 Å².